The summed E-state index contributed by atoms with van der Waals surface area (Å²) in [7, 11) is 0. The maximum atomic E-state index is 12.4. The highest BCUT2D eigenvalue weighted by Crippen LogP contribution is 2.19. The van der Waals surface area contributed by atoms with Crippen LogP contribution < -0.4 is 15.1 Å². The molecule has 1 amide bonds. The normalized spacial score (nSPS) is 17.0. The van der Waals surface area contributed by atoms with Gasteiger partial charge in [0.25, 0.3) is 5.91 Å². The lowest BCUT2D eigenvalue weighted by Gasteiger charge is -2.28. The lowest BCUT2D eigenvalue weighted by atomic mass is 10.3. The van der Waals surface area contributed by atoms with Crippen LogP contribution in [0.1, 0.15) is 29.0 Å². The van der Waals surface area contributed by atoms with Gasteiger partial charge >= 0.3 is 0 Å². The summed E-state index contributed by atoms with van der Waals surface area (Å²) in [5, 5.41) is 2.88. The minimum absolute atomic E-state index is 0.218. The Bertz CT molecular complexity index is 838. The lowest BCUT2D eigenvalue weighted by Crippen LogP contribution is -2.38. The third-order valence-corrected chi connectivity index (χ3v) is 5.15. The Kier molecular flexibility index (Phi) is 5.96. The van der Waals surface area contributed by atoms with Gasteiger partial charge in [-0.05, 0) is 34.8 Å². The van der Waals surface area contributed by atoms with Crippen LogP contribution in [0.15, 0.2) is 22.9 Å². The smallest absolute Gasteiger partial charge is 0.253 e. The number of amides is 1. The van der Waals surface area contributed by atoms with Gasteiger partial charge in [0, 0.05) is 43.0 Å². The van der Waals surface area contributed by atoms with Gasteiger partial charge in [-0.3, -0.25) is 9.78 Å². The molecule has 28 heavy (non-hydrogen) atoms. The van der Waals surface area contributed by atoms with Gasteiger partial charge in [-0.2, -0.15) is 15.0 Å². The van der Waals surface area contributed by atoms with E-state index >= 15 is 0 Å². The van der Waals surface area contributed by atoms with Crippen molar-refractivity contribution in [2.75, 3.05) is 49.2 Å². The number of nitrogens with zero attached hydrogens (tertiary/aromatic N) is 6. The molecule has 2 aromatic heterocycles. The number of pyridine rings is 1. The summed E-state index contributed by atoms with van der Waals surface area (Å²) in [4.78, 5) is 34.6. The quantitative estimate of drug-likeness (QED) is 0.734. The fourth-order valence-corrected chi connectivity index (χ4v) is 3.60. The van der Waals surface area contributed by atoms with Crippen LogP contribution in [0.25, 0.3) is 0 Å². The molecule has 1 N–H and O–H groups in total. The van der Waals surface area contributed by atoms with Crippen LogP contribution in [0, 0.1) is 0 Å². The van der Waals surface area contributed by atoms with E-state index in [0.29, 0.717) is 36.5 Å². The van der Waals surface area contributed by atoms with E-state index in [2.05, 4.69) is 51.0 Å². The van der Waals surface area contributed by atoms with Crippen molar-refractivity contribution >= 4 is 33.7 Å². The molecular weight excluding hydrogens is 426 g/mol. The number of ether oxygens (including phenoxy) is 1. The monoisotopic (exact) mass is 447 g/mol. The molecular formula is C18H22BrN7O2. The maximum Gasteiger partial charge on any atom is 0.253 e. The molecule has 2 aliphatic heterocycles. The van der Waals surface area contributed by atoms with E-state index < -0.39 is 0 Å². The Hall–Kier alpha value is -2.33. The molecule has 0 atom stereocenters. The predicted octanol–water partition coefficient (Wildman–Crippen LogP) is 1.40. The van der Waals surface area contributed by atoms with Crippen molar-refractivity contribution in [3.05, 3.63) is 34.3 Å². The Morgan fingerprint density at radius 1 is 1.04 bits per heavy atom. The molecule has 148 valence electrons. The molecule has 4 heterocycles. The zero-order chi connectivity index (χ0) is 19.3. The number of aromatic nitrogens is 4. The van der Waals surface area contributed by atoms with Crippen LogP contribution >= 0.6 is 15.9 Å². The fourth-order valence-electron chi connectivity index (χ4n) is 3.24. The van der Waals surface area contributed by atoms with E-state index in [0.717, 1.165) is 43.5 Å². The highest BCUT2D eigenvalue weighted by atomic mass is 79.9. The van der Waals surface area contributed by atoms with Crippen molar-refractivity contribution in [1.29, 1.82) is 0 Å². The molecule has 2 aliphatic rings. The first-order valence-electron chi connectivity index (χ1n) is 9.40. The standard InChI is InChI=1S/C18H22BrN7O2/c19-14-9-13(10-20-11-14)16(27)21-12-15-22-17(25-3-1-2-4-25)24-18(23-15)26-5-7-28-8-6-26/h9-11H,1-8,12H2,(H,21,27). The number of carbonyl (C=O) groups excluding carboxylic acids is 1. The molecule has 10 heteroatoms. The van der Waals surface area contributed by atoms with Crippen LogP contribution in [-0.2, 0) is 11.3 Å². The molecule has 0 aromatic carbocycles. The van der Waals surface area contributed by atoms with Crippen molar-refractivity contribution in [2.24, 2.45) is 0 Å². The number of hydrogen-bond acceptors (Lipinski definition) is 8. The van der Waals surface area contributed by atoms with E-state index in [9.17, 15) is 4.79 Å². The first-order chi connectivity index (χ1) is 13.7. The molecule has 2 aromatic rings. The van der Waals surface area contributed by atoms with E-state index in [-0.39, 0.29) is 12.5 Å². The average molecular weight is 448 g/mol. The molecule has 0 bridgehead atoms. The third kappa shape index (κ3) is 4.56. The van der Waals surface area contributed by atoms with Crippen molar-refractivity contribution in [2.45, 2.75) is 19.4 Å². The van der Waals surface area contributed by atoms with Crippen LogP contribution in [0.3, 0.4) is 0 Å². The highest BCUT2D eigenvalue weighted by Gasteiger charge is 2.21. The van der Waals surface area contributed by atoms with Gasteiger partial charge in [-0.25, -0.2) is 0 Å². The van der Waals surface area contributed by atoms with Crippen molar-refractivity contribution in [3.8, 4) is 0 Å². The van der Waals surface area contributed by atoms with Gasteiger partial charge in [-0.15, -0.1) is 0 Å². The summed E-state index contributed by atoms with van der Waals surface area (Å²) in [6.07, 6.45) is 5.45. The Balaban J connectivity index is 1.52. The molecule has 2 saturated heterocycles. The average Bonchev–Trinajstić information content (AvgIpc) is 3.27. The second-order valence-corrected chi connectivity index (χ2v) is 7.64. The Morgan fingerprint density at radius 3 is 2.39 bits per heavy atom. The van der Waals surface area contributed by atoms with Gasteiger partial charge in [0.15, 0.2) is 5.82 Å². The number of nitrogens with one attached hydrogen (secondary N) is 1. The van der Waals surface area contributed by atoms with E-state index in [1.165, 1.54) is 6.20 Å². The number of hydrogen-bond donors (Lipinski definition) is 1. The summed E-state index contributed by atoms with van der Waals surface area (Å²) in [5.41, 5.74) is 0.483. The first kappa shape index (κ1) is 19.0. The molecule has 9 nitrogen and oxygen atoms in total. The number of rotatable bonds is 5. The largest absolute Gasteiger partial charge is 0.378 e. The van der Waals surface area contributed by atoms with Gasteiger partial charge in [0.05, 0.1) is 25.3 Å². The van der Waals surface area contributed by atoms with Crippen molar-refractivity contribution < 1.29 is 9.53 Å². The predicted molar refractivity (Wildman–Crippen MR) is 107 cm³/mol. The molecule has 0 unspecified atom stereocenters. The summed E-state index contributed by atoms with van der Waals surface area (Å²) < 4.78 is 6.18. The second-order valence-electron chi connectivity index (χ2n) is 6.72. The zero-order valence-corrected chi connectivity index (χ0v) is 17.1. The van der Waals surface area contributed by atoms with E-state index in [4.69, 9.17) is 4.74 Å². The molecule has 0 radical (unpaired) electrons. The summed E-state index contributed by atoms with van der Waals surface area (Å²) in [6, 6.07) is 1.73. The maximum absolute atomic E-state index is 12.4. The van der Waals surface area contributed by atoms with Gasteiger partial charge in [0.1, 0.15) is 0 Å². The van der Waals surface area contributed by atoms with E-state index in [1.807, 2.05) is 0 Å². The third-order valence-electron chi connectivity index (χ3n) is 4.72. The van der Waals surface area contributed by atoms with Crippen LogP contribution in [0.5, 0.6) is 0 Å². The number of carbonyl (C=O) groups is 1. The second kappa shape index (κ2) is 8.78. The van der Waals surface area contributed by atoms with Gasteiger partial charge in [-0.1, -0.05) is 0 Å². The SMILES string of the molecule is O=C(NCc1nc(N2CCCC2)nc(N2CCOCC2)n1)c1cncc(Br)c1. The van der Waals surface area contributed by atoms with Crippen LogP contribution in [0.4, 0.5) is 11.9 Å². The Labute approximate surface area is 171 Å². The van der Waals surface area contributed by atoms with E-state index in [1.54, 1.807) is 12.3 Å². The molecule has 0 spiro atoms. The first-order valence-corrected chi connectivity index (χ1v) is 10.2. The van der Waals surface area contributed by atoms with Crippen molar-refractivity contribution in [1.82, 2.24) is 25.3 Å². The van der Waals surface area contributed by atoms with Crippen molar-refractivity contribution in [3.63, 3.8) is 0 Å². The van der Waals surface area contributed by atoms with Crippen LogP contribution in [0.2, 0.25) is 0 Å². The number of anilines is 2. The molecule has 0 saturated carbocycles. The molecule has 0 aliphatic carbocycles. The zero-order valence-electron chi connectivity index (χ0n) is 15.5. The summed E-state index contributed by atoms with van der Waals surface area (Å²) in [6.45, 7) is 4.94. The van der Waals surface area contributed by atoms with Crippen LogP contribution in [-0.4, -0.2) is 65.2 Å². The Morgan fingerprint density at radius 2 is 1.71 bits per heavy atom. The van der Waals surface area contributed by atoms with Gasteiger partial charge < -0.3 is 19.9 Å². The minimum atomic E-state index is -0.218. The summed E-state index contributed by atoms with van der Waals surface area (Å²) >= 11 is 3.33. The highest BCUT2D eigenvalue weighted by molar-refractivity contribution is 9.10. The summed E-state index contributed by atoms with van der Waals surface area (Å²) in [5.74, 6) is 1.66. The molecule has 2 fully saturated rings. The topological polar surface area (TPSA) is 96.4 Å². The number of morpholine rings is 1. The van der Waals surface area contributed by atoms with Gasteiger partial charge in [0.2, 0.25) is 11.9 Å². The molecule has 4 rings (SSSR count). The lowest BCUT2D eigenvalue weighted by molar-refractivity contribution is 0.0949. The number of halogens is 1. The minimum Gasteiger partial charge on any atom is -0.378 e. The fraction of sp³-hybridized carbons (Fsp3) is 0.500.